The average Bonchev–Trinajstić information content (AvgIpc) is 3.15. The van der Waals surface area contributed by atoms with Gasteiger partial charge in [-0.2, -0.15) is 4.37 Å². The molecule has 14 heteroatoms. The van der Waals surface area contributed by atoms with Crippen molar-refractivity contribution in [2.24, 2.45) is 5.73 Å². The first-order chi connectivity index (χ1) is 16.9. The lowest BCUT2D eigenvalue weighted by atomic mass is 10.1. The number of carbonyl (C=O) groups is 3. The first kappa shape index (κ1) is 28.9. The molecule has 6 N–H and O–H groups in total. The molecular formula is C22H29F2N5O6S. The van der Waals surface area contributed by atoms with Gasteiger partial charge in [-0.3, -0.25) is 14.9 Å². The third kappa shape index (κ3) is 8.39. The summed E-state index contributed by atoms with van der Waals surface area (Å²) in [5.41, 5.74) is 5.13. The maximum Gasteiger partial charge on any atom is 0.319 e. The van der Waals surface area contributed by atoms with Gasteiger partial charge in [0, 0.05) is 20.6 Å². The average molecular weight is 530 g/mol. The number of primary amides is 1. The lowest BCUT2D eigenvalue weighted by Gasteiger charge is -2.17. The van der Waals surface area contributed by atoms with E-state index in [4.69, 9.17) is 10.5 Å². The predicted molar refractivity (Wildman–Crippen MR) is 128 cm³/mol. The molecule has 1 aromatic carbocycles. The SMILES string of the molecule is Cc1cc(F)c(COc2nsc(NC(=O)NCCC(O)CC(O)CC(=O)N(C)C)c2C(N)=O)c(F)c1. The normalized spacial score (nSPS) is 12.5. The second kappa shape index (κ2) is 13.1. The Balaban J connectivity index is 1.90. The number of nitrogens with one attached hydrogen (secondary N) is 2. The van der Waals surface area contributed by atoms with Crippen LogP contribution < -0.4 is 21.1 Å². The minimum atomic E-state index is -1.03. The molecule has 0 saturated heterocycles. The number of nitrogens with two attached hydrogens (primary N) is 1. The first-order valence-corrected chi connectivity index (χ1v) is 11.6. The van der Waals surface area contributed by atoms with Crippen molar-refractivity contribution in [3.63, 3.8) is 0 Å². The van der Waals surface area contributed by atoms with E-state index in [9.17, 15) is 33.4 Å². The number of carbonyl (C=O) groups excluding carboxylic acids is 3. The summed E-state index contributed by atoms with van der Waals surface area (Å²) in [5.74, 6) is -3.19. The van der Waals surface area contributed by atoms with Crippen LogP contribution in [0, 0.1) is 18.6 Å². The Bertz CT molecular complexity index is 1070. The van der Waals surface area contributed by atoms with Gasteiger partial charge >= 0.3 is 6.03 Å². The van der Waals surface area contributed by atoms with Crippen LogP contribution in [0.3, 0.4) is 0 Å². The van der Waals surface area contributed by atoms with E-state index in [-0.39, 0.29) is 53.7 Å². The van der Waals surface area contributed by atoms with Crippen LogP contribution in [0.25, 0.3) is 0 Å². The highest BCUT2D eigenvalue weighted by Gasteiger charge is 2.23. The number of benzene rings is 1. The third-order valence-corrected chi connectivity index (χ3v) is 5.74. The van der Waals surface area contributed by atoms with Gasteiger partial charge in [-0.1, -0.05) is 0 Å². The van der Waals surface area contributed by atoms with Crippen LogP contribution in [0.5, 0.6) is 5.88 Å². The molecule has 4 amide bonds. The Kier molecular flexibility index (Phi) is 10.5. The maximum absolute atomic E-state index is 14.0. The minimum Gasteiger partial charge on any atom is -0.471 e. The predicted octanol–water partition coefficient (Wildman–Crippen LogP) is 1.51. The number of aliphatic hydroxyl groups excluding tert-OH is 2. The molecule has 0 saturated carbocycles. The number of anilines is 1. The molecule has 0 aliphatic rings. The van der Waals surface area contributed by atoms with E-state index in [2.05, 4.69) is 15.0 Å². The molecule has 1 aromatic heterocycles. The molecule has 0 aliphatic heterocycles. The van der Waals surface area contributed by atoms with Crippen LogP contribution in [-0.4, -0.2) is 70.2 Å². The summed E-state index contributed by atoms with van der Waals surface area (Å²) in [6.07, 6.45) is -2.09. The lowest BCUT2D eigenvalue weighted by molar-refractivity contribution is -0.131. The van der Waals surface area contributed by atoms with Gasteiger partial charge in [0.25, 0.3) is 5.91 Å². The van der Waals surface area contributed by atoms with Gasteiger partial charge in [-0.05, 0) is 49.0 Å². The number of hydrogen-bond acceptors (Lipinski definition) is 8. The van der Waals surface area contributed by atoms with Gasteiger partial charge in [0.2, 0.25) is 11.8 Å². The number of rotatable bonds is 12. The number of halogens is 2. The van der Waals surface area contributed by atoms with Crippen LogP contribution in [0.15, 0.2) is 12.1 Å². The van der Waals surface area contributed by atoms with Crippen LogP contribution in [0.4, 0.5) is 18.6 Å². The van der Waals surface area contributed by atoms with Gasteiger partial charge in [-0.15, -0.1) is 0 Å². The molecule has 0 bridgehead atoms. The Morgan fingerprint density at radius 2 is 1.83 bits per heavy atom. The van der Waals surface area contributed by atoms with E-state index in [1.54, 1.807) is 14.1 Å². The topological polar surface area (TPSA) is 167 Å². The van der Waals surface area contributed by atoms with Gasteiger partial charge < -0.3 is 30.9 Å². The standard InChI is InChI=1S/C22H29F2N5O6S/c1-11-6-15(23)14(16(24)7-11)10-35-20-18(19(25)33)21(36-28-20)27-22(34)26-5-4-12(30)8-13(31)9-17(32)29(2)3/h6-7,12-13,30-31H,4-5,8-10H2,1-3H3,(H2,25,33)(H2,26,27,34). The highest BCUT2D eigenvalue weighted by atomic mass is 32.1. The van der Waals surface area contributed by atoms with Crippen molar-refractivity contribution in [2.75, 3.05) is 26.0 Å². The molecule has 36 heavy (non-hydrogen) atoms. The zero-order valence-corrected chi connectivity index (χ0v) is 20.8. The lowest BCUT2D eigenvalue weighted by Crippen LogP contribution is -2.33. The van der Waals surface area contributed by atoms with E-state index >= 15 is 0 Å². The van der Waals surface area contributed by atoms with Crippen molar-refractivity contribution in [2.45, 2.75) is 45.0 Å². The van der Waals surface area contributed by atoms with E-state index < -0.39 is 42.4 Å². The fourth-order valence-electron chi connectivity index (χ4n) is 3.08. The largest absolute Gasteiger partial charge is 0.471 e. The van der Waals surface area contributed by atoms with Crippen LogP contribution in [0.1, 0.15) is 40.7 Å². The first-order valence-electron chi connectivity index (χ1n) is 10.9. The van der Waals surface area contributed by atoms with Crippen molar-refractivity contribution in [3.8, 4) is 5.88 Å². The second-order valence-electron chi connectivity index (χ2n) is 8.26. The minimum absolute atomic E-state index is 0.0153. The number of amides is 4. The van der Waals surface area contributed by atoms with E-state index in [1.165, 1.54) is 11.8 Å². The molecule has 0 aliphatic carbocycles. The van der Waals surface area contributed by atoms with Crippen molar-refractivity contribution in [1.29, 1.82) is 0 Å². The number of ether oxygens (including phenoxy) is 1. The highest BCUT2D eigenvalue weighted by molar-refractivity contribution is 7.11. The molecule has 0 radical (unpaired) electrons. The van der Waals surface area contributed by atoms with Crippen molar-refractivity contribution >= 4 is 34.4 Å². The van der Waals surface area contributed by atoms with E-state index in [1.807, 2.05) is 0 Å². The van der Waals surface area contributed by atoms with Crippen molar-refractivity contribution in [1.82, 2.24) is 14.6 Å². The van der Waals surface area contributed by atoms with Gasteiger partial charge in [-0.25, -0.2) is 13.6 Å². The molecule has 2 rings (SSSR count). The molecule has 1 heterocycles. The molecule has 2 aromatic rings. The number of urea groups is 1. The molecule has 198 valence electrons. The summed E-state index contributed by atoms with van der Waals surface area (Å²) in [5, 5.41) is 24.7. The Hall–Kier alpha value is -3.36. The van der Waals surface area contributed by atoms with Gasteiger partial charge in [0.1, 0.15) is 28.8 Å². The van der Waals surface area contributed by atoms with Gasteiger partial charge in [0.15, 0.2) is 0 Å². The molecule has 0 fully saturated rings. The summed E-state index contributed by atoms with van der Waals surface area (Å²) < 4.78 is 37.3. The summed E-state index contributed by atoms with van der Waals surface area (Å²) >= 11 is 0.681. The quantitative estimate of drug-likeness (QED) is 0.278. The summed E-state index contributed by atoms with van der Waals surface area (Å²) in [6, 6.07) is 1.53. The van der Waals surface area contributed by atoms with E-state index in [0.717, 1.165) is 12.1 Å². The Labute approximate surface area is 210 Å². The molecule has 0 spiro atoms. The number of hydrogen-bond donors (Lipinski definition) is 5. The fraction of sp³-hybridized carbons (Fsp3) is 0.455. The van der Waals surface area contributed by atoms with Crippen LogP contribution in [0.2, 0.25) is 0 Å². The molecule has 2 atom stereocenters. The number of aliphatic hydroxyl groups is 2. The van der Waals surface area contributed by atoms with Crippen LogP contribution >= 0.6 is 11.5 Å². The maximum atomic E-state index is 14.0. The van der Waals surface area contributed by atoms with E-state index in [0.29, 0.717) is 17.1 Å². The second-order valence-corrected chi connectivity index (χ2v) is 9.03. The van der Waals surface area contributed by atoms with Crippen molar-refractivity contribution < 1.29 is 38.1 Å². The zero-order valence-electron chi connectivity index (χ0n) is 20.0. The van der Waals surface area contributed by atoms with Gasteiger partial charge in [0.05, 0.1) is 24.2 Å². The molecular weight excluding hydrogens is 500 g/mol. The summed E-state index contributed by atoms with van der Waals surface area (Å²) in [7, 11) is 3.11. The third-order valence-electron chi connectivity index (χ3n) is 4.99. The Morgan fingerprint density at radius 1 is 1.19 bits per heavy atom. The number of aromatic nitrogens is 1. The number of aryl methyl sites for hydroxylation is 1. The Morgan fingerprint density at radius 3 is 2.42 bits per heavy atom. The number of nitrogens with zero attached hydrogens (tertiary/aromatic N) is 2. The van der Waals surface area contributed by atoms with Crippen molar-refractivity contribution in [3.05, 3.63) is 40.5 Å². The fourth-order valence-corrected chi connectivity index (χ4v) is 3.82. The summed E-state index contributed by atoms with van der Waals surface area (Å²) in [4.78, 5) is 37.0. The zero-order chi connectivity index (χ0) is 27.0. The smallest absolute Gasteiger partial charge is 0.319 e. The van der Waals surface area contributed by atoms with Crippen LogP contribution in [-0.2, 0) is 11.4 Å². The monoisotopic (exact) mass is 529 g/mol. The highest BCUT2D eigenvalue weighted by Crippen LogP contribution is 2.31. The molecule has 2 unspecified atom stereocenters. The molecule has 11 nitrogen and oxygen atoms in total. The summed E-state index contributed by atoms with van der Waals surface area (Å²) in [6.45, 7) is 0.989.